The molecule has 2 aromatic rings. The highest BCUT2D eigenvalue weighted by Crippen LogP contribution is 2.30. The van der Waals surface area contributed by atoms with E-state index in [1.165, 1.54) is 0 Å². The first-order valence-electron chi connectivity index (χ1n) is 10.1. The van der Waals surface area contributed by atoms with Gasteiger partial charge in [0.05, 0.1) is 6.61 Å². The zero-order valence-corrected chi connectivity index (χ0v) is 18.1. The number of aromatic nitrogens is 1. The van der Waals surface area contributed by atoms with Crippen LogP contribution in [0.25, 0.3) is 0 Å². The van der Waals surface area contributed by atoms with E-state index in [0.717, 1.165) is 16.7 Å². The van der Waals surface area contributed by atoms with Gasteiger partial charge in [-0.2, -0.15) is 0 Å². The third kappa shape index (κ3) is 5.49. The van der Waals surface area contributed by atoms with Crippen LogP contribution in [-0.2, 0) is 16.1 Å². The molecule has 3 N–H and O–H groups in total. The van der Waals surface area contributed by atoms with E-state index in [1.807, 2.05) is 39.0 Å². The van der Waals surface area contributed by atoms with E-state index in [4.69, 9.17) is 16.3 Å². The minimum atomic E-state index is -0.448. The fourth-order valence-corrected chi connectivity index (χ4v) is 3.46. The molecule has 7 nitrogen and oxygen atoms in total. The minimum absolute atomic E-state index is 0.0151. The van der Waals surface area contributed by atoms with Gasteiger partial charge in [0.15, 0.2) is 0 Å². The van der Waals surface area contributed by atoms with Crippen molar-refractivity contribution < 1.29 is 14.3 Å². The second-order valence-electron chi connectivity index (χ2n) is 7.52. The van der Waals surface area contributed by atoms with Gasteiger partial charge >= 0.3 is 0 Å². The van der Waals surface area contributed by atoms with Crippen molar-refractivity contribution in [3.05, 3.63) is 58.2 Å². The number of ether oxygens (including phenoxy) is 1. The predicted octanol–water partition coefficient (Wildman–Crippen LogP) is 3.26. The van der Waals surface area contributed by atoms with Crippen molar-refractivity contribution in [1.82, 2.24) is 20.9 Å². The fourth-order valence-electron chi connectivity index (χ4n) is 3.24. The minimum Gasteiger partial charge on any atom is -0.478 e. The molecule has 160 valence electrons. The molecular weight excluding hydrogens is 404 g/mol. The molecule has 0 saturated carbocycles. The Balaban J connectivity index is 1.76. The Labute approximate surface area is 181 Å². The van der Waals surface area contributed by atoms with Crippen LogP contribution in [-0.4, -0.2) is 23.4 Å². The lowest BCUT2D eigenvalue weighted by atomic mass is 9.99. The highest BCUT2D eigenvalue weighted by atomic mass is 35.5. The van der Waals surface area contributed by atoms with Gasteiger partial charge in [-0.3, -0.25) is 14.9 Å². The summed E-state index contributed by atoms with van der Waals surface area (Å²) in [6.07, 6.45) is 1.57. The summed E-state index contributed by atoms with van der Waals surface area (Å²) in [5, 5.41) is 9.82. The number of amides is 2. The molecule has 0 spiro atoms. The molecule has 1 aliphatic rings. The van der Waals surface area contributed by atoms with Crippen LogP contribution < -0.4 is 20.7 Å². The molecule has 2 heterocycles. The van der Waals surface area contributed by atoms with Crippen molar-refractivity contribution in [3.8, 4) is 5.88 Å². The van der Waals surface area contributed by atoms with Crippen molar-refractivity contribution in [1.29, 1.82) is 0 Å². The number of nitrogens with zero attached hydrogens (tertiary/aromatic N) is 1. The first-order valence-corrected chi connectivity index (χ1v) is 10.4. The normalized spacial score (nSPS) is 18.8. The van der Waals surface area contributed by atoms with Crippen molar-refractivity contribution in [2.45, 2.75) is 45.9 Å². The third-order valence-corrected chi connectivity index (χ3v) is 5.22. The van der Waals surface area contributed by atoms with Gasteiger partial charge in [-0.15, -0.1) is 0 Å². The van der Waals surface area contributed by atoms with E-state index in [0.29, 0.717) is 30.5 Å². The molecule has 0 aliphatic carbocycles. The monoisotopic (exact) mass is 430 g/mol. The predicted molar refractivity (Wildman–Crippen MR) is 115 cm³/mol. The average molecular weight is 431 g/mol. The number of benzene rings is 1. The third-order valence-electron chi connectivity index (χ3n) is 4.88. The molecule has 3 rings (SSSR count). The van der Waals surface area contributed by atoms with Crippen LogP contribution in [0.3, 0.4) is 0 Å². The Morgan fingerprint density at radius 2 is 2.13 bits per heavy atom. The van der Waals surface area contributed by atoms with Gasteiger partial charge in [0.2, 0.25) is 17.7 Å². The molecule has 2 unspecified atom stereocenters. The number of hydrogen-bond donors (Lipinski definition) is 3. The molecule has 2 atom stereocenters. The van der Waals surface area contributed by atoms with Crippen molar-refractivity contribution >= 4 is 23.4 Å². The van der Waals surface area contributed by atoms with E-state index >= 15 is 0 Å². The molecule has 1 aromatic heterocycles. The molecule has 1 aromatic carbocycles. The Morgan fingerprint density at radius 1 is 1.33 bits per heavy atom. The summed E-state index contributed by atoms with van der Waals surface area (Å²) < 4.78 is 5.38. The molecule has 0 bridgehead atoms. The molecule has 30 heavy (non-hydrogen) atoms. The molecule has 1 saturated heterocycles. The number of pyridine rings is 1. The van der Waals surface area contributed by atoms with Gasteiger partial charge in [-0.1, -0.05) is 37.6 Å². The van der Waals surface area contributed by atoms with Gasteiger partial charge in [-0.25, -0.2) is 4.98 Å². The van der Waals surface area contributed by atoms with Gasteiger partial charge < -0.3 is 15.4 Å². The summed E-state index contributed by atoms with van der Waals surface area (Å²) in [4.78, 5) is 28.5. The lowest BCUT2D eigenvalue weighted by Crippen LogP contribution is -2.46. The smallest absolute Gasteiger partial charge is 0.223 e. The van der Waals surface area contributed by atoms with Crippen LogP contribution in [0, 0.1) is 5.92 Å². The first kappa shape index (κ1) is 22.1. The maximum atomic E-state index is 12.4. The maximum absolute atomic E-state index is 12.4. The van der Waals surface area contributed by atoms with E-state index in [9.17, 15) is 9.59 Å². The Hall–Kier alpha value is -2.64. The SMILES string of the molecule is CCOc1ccc(C2CC(=O)NC(c3cc(CNC(=O)C(C)C)ccc3Cl)N2)cn1. The van der Waals surface area contributed by atoms with Crippen LogP contribution in [0.2, 0.25) is 5.02 Å². The summed E-state index contributed by atoms with van der Waals surface area (Å²) in [6, 6.07) is 9.05. The second-order valence-corrected chi connectivity index (χ2v) is 7.92. The van der Waals surface area contributed by atoms with Crippen LogP contribution >= 0.6 is 11.6 Å². The largest absolute Gasteiger partial charge is 0.478 e. The molecular formula is C22H27ClN4O3. The van der Waals surface area contributed by atoms with Crippen LogP contribution in [0.4, 0.5) is 0 Å². The van der Waals surface area contributed by atoms with Crippen molar-refractivity contribution in [2.75, 3.05) is 6.61 Å². The highest BCUT2D eigenvalue weighted by Gasteiger charge is 2.29. The van der Waals surface area contributed by atoms with E-state index in [-0.39, 0.29) is 23.8 Å². The van der Waals surface area contributed by atoms with Crippen LogP contribution in [0.15, 0.2) is 36.5 Å². The zero-order chi connectivity index (χ0) is 21.7. The molecule has 1 fully saturated rings. The van der Waals surface area contributed by atoms with Crippen LogP contribution in [0.1, 0.15) is 56.1 Å². The summed E-state index contributed by atoms with van der Waals surface area (Å²) in [5.74, 6) is 0.377. The molecule has 2 amide bonds. The lowest BCUT2D eigenvalue weighted by Gasteiger charge is -2.32. The Morgan fingerprint density at radius 3 is 2.80 bits per heavy atom. The van der Waals surface area contributed by atoms with Crippen LogP contribution in [0.5, 0.6) is 5.88 Å². The van der Waals surface area contributed by atoms with Gasteiger partial charge in [-0.05, 0) is 30.2 Å². The van der Waals surface area contributed by atoms with E-state index < -0.39 is 6.17 Å². The number of halogens is 1. The van der Waals surface area contributed by atoms with E-state index in [1.54, 1.807) is 18.3 Å². The number of rotatable bonds is 7. The standard InChI is InChI=1S/C22H27ClN4O3/c1-4-30-20-8-6-15(12-24-20)18-10-19(28)27-21(26-18)16-9-14(5-7-17(16)23)11-25-22(29)13(2)3/h5-9,12-13,18,21,26H,4,10-11H2,1-3H3,(H,25,29)(H,27,28). The van der Waals surface area contributed by atoms with E-state index in [2.05, 4.69) is 20.9 Å². The molecule has 1 aliphatic heterocycles. The zero-order valence-electron chi connectivity index (χ0n) is 17.4. The maximum Gasteiger partial charge on any atom is 0.223 e. The summed E-state index contributed by atoms with van der Waals surface area (Å²) in [5.41, 5.74) is 2.56. The van der Waals surface area contributed by atoms with Gasteiger partial charge in [0, 0.05) is 47.8 Å². The highest BCUT2D eigenvalue weighted by molar-refractivity contribution is 6.31. The molecule has 8 heteroatoms. The topological polar surface area (TPSA) is 92.4 Å². The lowest BCUT2D eigenvalue weighted by molar-refractivity contribution is -0.125. The molecule has 0 radical (unpaired) electrons. The number of hydrogen-bond acceptors (Lipinski definition) is 5. The number of nitrogens with one attached hydrogen (secondary N) is 3. The summed E-state index contributed by atoms with van der Waals surface area (Å²) in [6.45, 7) is 6.54. The number of carbonyl (C=O) groups is 2. The van der Waals surface area contributed by atoms with Gasteiger partial charge in [0.25, 0.3) is 0 Å². The van der Waals surface area contributed by atoms with Crippen molar-refractivity contribution in [3.63, 3.8) is 0 Å². The summed E-state index contributed by atoms with van der Waals surface area (Å²) >= 11 is 6.43. The fraction of sp³-hybridized carbons (Fsp3) is 0.409. The Bertz CT molecular complexity index is 902. The second kappa shape index (κ2) is 9.91. The van der Waals surface area contributed by atoms with Gasteiger partial charge in [0.1, 0.15) is 6.17 Å². The van der Waals surface area contributed by atoms with Crippen molar-refractivity contribution in [2.24, 2.45) is 5.92 Å². The quantitative estimate of drug-likeness (QED) is 0.627. The average Bonchev–Trinajstić information content (AvgIpc) is 2.73. The Kier molecular flexibility index (Phi) is 7.29. The number of carbonyl (C=O) groups excluding carboxylic acids is 2. The first-order chi connectivity index (χ1) is 14.4. The summed E-state index contributed by atoms with van der Waals surface area (Å²) in [7, 11) is 0.